The van der Waals surface area contributed by atoms with Crippen molar-refractivity contribution in [3.63, 3.8) is 0 Å². The van der Waals surface area contributed by atoms with E-state index in [1.165, 1.54) is 5.56 Å². The Morgan fingerprint density at radius 2 is 2.12 bits per heavy atom. The Morgan fingerprint density at radius 1 is 1.24 bits per heavy atom. The Morgan fingerprint density at radius 3 is 3.00 bits per heavy atom. The Bertz CT molecular complexity index is 422. The molecule has 0 saturated carbocycles. The predicted molar refractivity (Wildman–Crippen MR) is 65.5 cm³/mol. The molecule has 1 fully saturated rings. The summed E-state index contributed by atoms with van der Waals surface area (Å²) in [4.78, 5) is 4.39. The molecule has 1 aromatic rings. The van der Waals surface area contributed by atoms with Crippen LogP contribution in [0.4, 0.5) is 0 Å². The second-order valence-corrected chi connectivity index (χ2v) is 4.62. The molecule has 3 nitrogen and oxygen atoms in total. The normalized spacial score (nSPS) is 24.7. The van der Waals surface area contributed by atoms with Crippen molar-refractivity contribution in [1.29, 1.82) is 0 Å². The van der Waals surface area contributed by atoms with E-state index in [0.717, 1.165) is 44.6 Å². The van der Waals surface area contributed by atoms with Gasteiger partial charge in [0.25, 0.3) is 0 Å². The van der Waals surface area contributed by atoms with Crippen LogP contribution in [0.15, 0.2) is 24.4 Å². The molecule has 0 atom stereocenters. The van der Waals surface area contributed by atoms with E-state index in [1.54, 1.807) is 0 Å². The molecule has 0 radical (unpaired) electrons. The smallest absolute Gasteiger partial charge is 0.171 e. The maximum atomic E-state index is 5.86. The molecular weight excluding hydrogens is 214 g/mol. The van der Waals surface area contributed by atoms with Crippen molar-refractivity contribution in [3.05, 3.63) is 35.7 Å². The third-order valence-corrected chi connectivity index (χ3v) is 3.42. The minimum absolute atomic E-state index is 0.387. The second kappa shape index (κ2) is 4.59. The maximum Gasteiger partial charge on any atom is 0.171 e. The molecule has 1 saturated heterocycles. The van der Waals surface area contributed by atoms with E-state index in [2.05, 4.69) is 23.2 Å². The maximum absolute atomic E-state index is 5.86. The van der Waals surface area contributed by atoms with Gasteiger partial charge in [0, 0.05) is 19.0 Å². The Hall–Kier alpha value is -1.19. The Balaban J connectivity index is 1.84. The SMILES string of the molecule is C1=C\c2ncccc2CCC2(C/1)OCCCO2. The highest BCUT2D eigenvalue weighted by Gasteiger charge is 2.33. The van der Waals surface area contributed by atoms with Crippen molar-refractivity contribution in [2.75, 3.05) is 13.2 Å². The van der Waals surface area contributed by atoms with Crippen LogP contribution in [0, 0.1) is 0 Å². The Labute approximate surface area is 101 Å². The van der Waals surface area contributed by atoms with Gasteiger partial charge in [0.05, 0.1) is 18.9 Å². The number of fused-ring (bicyclic) bond motifs is 1. The van der Waals surface area contributed by atoms with Gasteiger partial charge < -0.3 is 9.47 Å². The van der Waals surface area contributed by atoms with Gasteiger partial charge in [-0.3, -0.25) is 4.98 Å². The quantitative estimate of drug-likeness (QED) is 0.687. The molecule has 0 aromatic carbocycles. The average molecular weight is 231 g/mol. The first kappa shape index (κ1) is 10.9. The molecule has 1 spiro atoms. The van der Waals surface area contributed by atoms with E-state index >= 15 is 0 Å². The summed E-state index contributed by atoms with van der Waals surface area (Å²) in [5.74, 6) is -0.387. The molecule has 17 heavy (non-hydrogen) atoms. The molecule has 0 N–H and O–H groups in total. The fourth-order valence-electron chi connectivity index (χ4n) is 2.47. The average Bonchev–Trinajstić information content (AvgIpc) is 2.37. The number of aryl methyl sites for hydroxylation is 1. The molecule has 1 aliphatic heterocycles. The lowest BCUT2D eigenvalue weighted by Crippen LogP contribution is -2.41. The first-order chi connectivity index (χ1) is 8.38. The molecule has 2 heterocycles. The zero-order valence-electron chi connectivity index (χ0n) is 9.89. The molecule has 1 aromatic heterocycles. The van der Waals surface area contributed by atoms with Gasteiger partial charge >= 0.3 is 0 Å². The highest BCUT2D eigenvalue weighted by molar-refractivity contribution is 5.49. The number of nitrogens with zero attached hydrogens (tertiary/aromatic N) is 1. The van der Waals surface area contributed by atoms with Crippen LogP contribution in [0.2, 0.25) is 0 Å². The lowest BCUT2D eigenvalue weighted by atomic mass is 9.96. The molecule has 3 rings (SSSR count). The third-order valence-electron chi connectivity index (χ3n) is 3.42. The number of aromatic nitrogens is 1. The number of rotatable bonds is 0. The molecule has 1 aliphatic carbocycles. The van der Waals surface area contributed by atoms with Gasteiger partial charge in [-0.05, 0) is 30.5 Å². The van der Waals surface area contributed by atoms with E-state index in [0.29, 0.717) is 0 Å². The summed E-state index contributed by atoms with van der Waals surface area (Å²) in [6.45, 7) is 1.63. The van der Waals surface area contributed by atoms with E-state index in [4.69, 9.17) is 9.47 Å². The van der Waals surface area contributed by atoms with Crippen LogP contribution in [0.25, 0.3) is 6.08 Å². The van der Waals surface area contributed by atoms with Crippen LogP contribution in [0.3, 0.4) is 0 Å². The molecule has 3 heteroatoms. The van der Waals surface area contributed by atoms with Crippen LogP contribution in [0.1, 0.15) is 30.5 Å². The predicted octanol–water partition coefficient (Wildman–Crippen LogP) is 2.56. The standard InChI is InChI=1S/C14H17NO2/c1-5-13-12(4-2-9-15-13)6-8-14(7-1)16-10-3-11-17-14/h1-2,4-5,9H,3,6-8,10-11H2/b5-1-. The topological polar surface area (TPSA) is 31.4 Å². The number of hydrogen-bond acceptors (Lipinski definition) is 3. The molecule has 0 bridgehead atoms. The summed E-state index contributed by atoms with van der Waals surface area (Å²) in [5.41, 5.74) is 2.36. The first-order valence-electron chi connectivity index (χ1n) is 6.26. The first-order valence-corrected chi connectivity index (χ1v) is 6.26. The van der Waals surface area contributed by atoms with Crippen molar-refractivity contribution in [2.24, 2.45) is 0 Å². The van der Waals surface area contributed by atoms with Crippen molar-refractivity contribution in [2.45, 2.75) is 31.5 Å². The molecule has 0 amide bonds. The highest BCUT2D eigenvalue weighted by Crippen LogP contribution is 2.31. The van der Waals surface area contributed by atoms with Crippen molar-refractivity contribution in [1.82, 2.24) is 4.98 Å². The molecule has 2 aliphatic rings. The van der Waals surface area contributed by atoms with Gasteiger partial charge in [-0.25, -0.2) is 0 Å². The van der Waals surface area contributed by atoms with Crippen LogP contribution < -0.4 is 0 Å². The van der Waals surface area contributed by atoms with E-state index in [9.17, 15) is 0 Å². The van der Waals surface area contributed by atoms with Crippen LogP contribution in [-0.2, 0) is 15.9 Å². The summed E-state index contributed by atoms with van der Waals surface area (Å²) in [7, 11) is 0. The minimum atomic E-state index is -0.387. The molecule has 0 unspecified atom stereocenters. The summed E-state index contributed by atoms with van der Waals surface area (Å²) >= 11 is 0. The fourth-order valence-corrected chi connectivity index (χ4v) is 2.47. The lowest BCUT2D eigenvalue weighted by molar-refractivity contribution is -0.267. The summed E-state index contributed by atoms with van der Waals surface area (Å²) in [6.07, 6.45) is 9.75. The summed E-state index contributed by atoms with van der Waals surface area (Å²) in [5, 5.41) is 0. The number of ether oxygens (including phenoxy) is 2. The zero-order chi connectivity index (χ0) is 11.6. The summed E-state index contributed by atoms with van der Waals surface area (Å²) in [6, 6.07) is 4.12. The monoisotopic (exact) mass is 231 g/mol. The largest absolute Gasteiger partial charge is 0.349 e. The van der Waals surface area contributed by atoms with Crippen molar-refractivity contribution in [3.8, 4) is 0 Å². The second-order valence-electron chi connectivity index (χ2n) is 4.62. The molecule has 90 valence electrons. The number of pyridine rings is 1. The van der Waals surface area contributed by atoms with Crippen LogP contribution in [-0.4, -0.2) is 24.0 Å². The Kier molecular flexibility index (Phi) is 2.95. The minimum Gasteiger partial charge on any atom is -0.349 e. The van der Waals surface area contributed by atoms with Gasteiger partial charge in [-0.15, -0.1) is 0 Å². The van der Waals surface area contributed by atoms with Gasteiger partial charge in [0.1, 0.15) is 0 Å². The van der Waals surface area contributed by atoms with E-state index < -0.39 is 0 Å². The number of hydrogen-bond donors (Lipinski definition) is 0. The lowest BCUT2D eigenvalue weighted by Gasteiger charge is -2.37. The van der Waals surface area contributed by atoms with Crippen molar-refractivity contribution >= 4 is 6.08 Å². The van der Waals surface area contributed by atoms with E-state index in [1.807, 2.05) is 12.3 Å². The molecular formula is C14H17NO2. The van der Waals surface area contributed by atoms with Crippen molar-refractivity contribution < 1.29 is 9.47 Å². The van der Waals surface area contributed by atoms with Gasteiger partial charge in [0.2, 0.25) is 0 Å². The van der Waals surface area contributed by atoms with Crippen LogP contribution >= 0.6 is 0 Å². The van der Waals surface area contributed by atoms with Gasteiger partial charge in [0.15, 0.2) is 5.79 Å². The van der Waals surface area contributed by atoms with Crippen LogP contribution in [0.5, 0.6) is 0 Å². The highest BCUT2D eigenvalue weighted by atomic mass is 16.7. The van der Waals surface area contributed by atoms with Gasteiger partial charge in [-0.1, -0.05) is 12.1 Å². The summed E-state index contributed by atoms with van der Waals surface area (Å²) < 4.78 is 11.7. The van der Waals surface area contributed by atoms with E-state index in [-0.39, 0.29) is 5.79 Å². The zero-order valence-corrected chi connectivity index (χ0v) is 9.89. The fraction of sp³-hybridized carbons (Fsp3) is 0.500. The third kappa shape index (κ3) is 2.26. The van der Waals surface area contributed by atoms with Gasteiger partial charge in [-0.2, -0.15) is 0 Å².